The molecular weight excluding hydrogens is 469 g/mol. The third-order valence-corrected chi connectivity index (χ3v) is 6.82. The molecule has 1 amide bonds. The number of nitrogens with two attached hydrogens (primary N) is 1. The molecule has 0 saturated carbocycles. The first-order valence-corrected chi connectivity index (χ1v) is 12.4. The van der Waals surface area contributed by atoms with Gasteiger partial charge in [-0.25, -0.2) is 4.39 Å². The van der Waals surface area contributed by atoms with Crippen molar-refractivity contribution in [2.45, 2.75) is 38.3 Å². The Hall–Kier alpha value is -3.47. The van der Waals surface area contributed by atoms with Crippen LogP contribution in [0.3, 0.4) is 0 Å². The van der Waals surface area contributed by atoms with Crippen LogP contribution in [0.25, 0.3) is 0 Å². The van der Waals surface area contributed by atoms with Crippen LogP contribution in [0.15, 0.2) is 63.6 Å². The lowest BCUT2D eigenvalue weighted by atomic mass is 10.0. The first kappa shape index (κ1) is 24.6. The van der Waals surface area contributed by atoms with E-state index in [1.54, 1.807) is 17.4 Å². The number of amides is 1. The van der Waals surface area contributed by atoms with E-state index in [0.717, 1.165) is 17.7 Å². The van der Waals surface area contributed by atoms with Crippen LogP contribution in [0.1, 0.15) is 24.6 Å². The zero-order valence-corrected chi connectivity index (χ0v) is 20.5. The van der Waals surface area contributed by atoms with Gasteiger partial charge in [-0.05, 0) is 54.3 Å². The molecule has 4 rings (SSSR count). The van der Waals surface area contributed by atoms with Crippen molar-refractivity contribution >= 4 is 34.5 Å². The van der Waals surface area contributed by atoms with Gasteiger partial charge in [-0.3, -0.25) is 4.79 Å². The van der Waals surface area contributed by atoms with Crippen LogP contribution in [0.2, 0.25) is 0 Å². The fraction of sp³-hybridized carbons (Fsp3) is 0.417. The van der Waals surface area contributed by atoms with E-state index in [9.17, 15) is 4.79 Å². The molecular formula is C24H30FN7O2S. The third-order valence-electron chi connectivity index (χ3n) is 5.94. The SMILES string of the molecule is C=C1OC(CNC(C)=O)CN1c1ccc(N2CCC(N=N/N=C(\N)Cc3cccs3)CC2)c(F)c1. The number of nitrogens with zero attached hydrogens (tertiary/aromatic N) is 5. The molecule has 11 heteroatoms. The van der Waals surface area contributed by atoms with Gasteiger partial charge in [0.15, 0.2) is 5.88 Å². The molecule has 2 aromatic rings. The minimum atomic E-state index is -0.299. The quantitative estimate of drug-likeness (QED) is 0.250. The molecule has 0 radical (unpaired) electrons. The number of hydrogen-bond acceptors (Lipinski definition) is 7. The molecule has 3 N–H and O–H groups in total. The first-order chi connectivity index (χ1) is 16.9. The predicted molar refractivity (Wildman–Crippen MR) is 136 cm³/mol. The summed E-state index contributed by atoms with van der Waals surface area (Å²) in [7, 11) is 0. The molecule has 186 valence electrons. The molecule has 9 nitrogen and oxygen atoms in total. The number of benzene rings is 1. The summed E-state index contributed by atoms with van der Waals surface area (Å²) in [6, 6.07) is 9.17. The van der Waals surface area contributed by atoms with Crippen LogP contribution in [0, 0.1) is 5.82 Å². The lowest BCUT2D eigenvalue weighted by Crippen LogP contribution is -2.35. The molecule has 3 heterocycles. The van der Waals surface area contributed by atoms with Crippen molar-refractivity contribution < 1.29 is 13.9 Å². The number of nitrogens with one attached hydrogen (secondary N) is 1. The Morgan fingerprint density at radius 1 is 1.34 bits per heavy atom. The van der Waals surface area contributed by atoms with Gasteiger partial charge in [-0.1, -0.05) is 6.07 Å². The van der Waals surface area contributed by atoms with E-state index in [1.165, 1.54) is 13.0 Å². The van der Waals surface area contributed by atoms with Gasteiger partial charge in [0.25, 0.3) is 0 Å². The molecule has 1 aromatic heterocycles. The van der Waals surface area contributed by atoms with Gasteiger partial charge in [0.05, 0.1) is 24.8 Å². The first-order valence-electron chi connectivity index (χ1n) is 11.6. The molecule has 2 saturated heterocycles. The number of piperidine rings is 1. The summed E-state index contributed by atoms with van der Waals surface area (Å²) in [6.45, 7) is 7.59. The lowest BCUT2D eigenvalue weighted by molar-refractivity contribution is -0.119. The minimum Gasteiger partial charge on any atom is -0.472 e. The number of halogens is 1. The standard InChI is InChI=1S/C24H30FN7O2S/c1-16(33)27-14-20-15-32(17(2)34-20)19-5-6-23(22(25)12-19)31-9-7-18(8-10-31)28-30-29-24(26)13-21-4-3-11-35-21/h3-6,11-12,18,20H,2,7-10,13-15H2,1H3,(H,27,33)(H2,26,28,29). The molecule has 2 fully saturated rings. The molecule has 0 aliphatic carbocycles. The van der Waals surface area contributed by atoms with E-state index >= 15 is 4.39 Å². The second-order valence-electron chi connectivity index (χ2n) is 8.59. The minimum absolute atomic E-state index is 0.0393. The molecule has 1 aromatic carbocycles. The van der Waals surface area contributed by atoms with Crippen molar-refractivity contribution in [3.8, 4) is 0 Å². The Bertz CT molecular complexity index is 1100. The van der Waals surface area contributed by atoms with E-state index < -0.39 is 0 Å². The fourth-order valence-electron chi connectivity index (χ4n) is 4.14. The summed E-state index contributed by atoms with van der Waals surface area (Å²) >= 11 is 1.63. The predicted octanol–water partition coefficient (Wildman–Crippen LogP) is 3.64. The number of rotatable bonds is 8. The smallest absolute Gasteiger partial charge is 0.217 e. The van der Waals surface area contributed by atoms with E-state index in [2.05, 4.69) is 27.3 Å². The van der Waals surface area contributed by atoms with Crippen molar-refractivity contribution in [3.05, 3.63) is 58.9 Å². The van der Waals surface area contributed by atoms with Crippen LogP contribution in [-0.2, 0) is 16.0 Å². The highest BCUT2D eigenvalue weighted by atomic mass is 32.1. The third kappa shape index (κ3) is 6.56. The van der Waals surface area contributed by atoms with Crippen molar-refractivity contribution in [1.82, 2.24) is 5.32 Å². The van der Waals surface area contributed by atoms with E-state index in [-0.39, 0.29) is 23.9 Å². The van der Waals surface area contributed by atoms with Gasteiger partial charge in [-0.2, -0.15) is 5.11 Å². The summed E-state index contributed by atoms with van der Waals surface area (Å²) in [6.07, 6.45) is 1.86. The Kier molecular flexibility index (Phi) is 7.96. The number of anilines is 2. The van der Waals surface area contributed by atoms with Crippen LogP contribution in [0.5, 0.6) is 0 Å². The summed E-state index contributed by atoms with van der Waals surface area (Å²) < 4.78 is 20.7. The Labute approximate surface area is 208 Å². The van der Waals surface area contributed by atoms with Crippen molar-refractivity contribution in [3.63, 3.8) is 0 Å². The number of carbonyl (C=O) groups excluding carboxylic acids is 1. The highest BCUT2D eigenvalue weighted by Gasteiger charge is 2.29. The topological polar surface area (TPSA) is 108 Å². The summed E-state index contributed by atoms with van der Waals surface area (Å²) in [5.41, 5.74) is 7.14. The molecule has 2 aliphatic heterocycles. The zero-order valence-electron chi connectivity index (χ0n) is 19.7. The van der Waals surface area contributed by atoms with Gasteiger partial charge < -0.3 is 25.6 Å². The lowest BCUT2D eigenvalue weighted by Gasteiger charge is -2.32. The van der Waals surface area contributed by atoms with Crippen molar-refractivity contribution in [2.24, 2.45) is 21.2 Å². The van der Waals surface area contributed by atoms with Crippen molar-refractivity contribution in [1.29, 1.82) is 0 Å². The zero-order chi connectivity index (χ0) is 24.8. The molecule has 1 atom stereocenters. The number of amidine groups is 1. The van der Waals surface area contributed by atoms with Crippen molar-refractivity contribution in [2.75, 3.05) is 36.0 Å². The molecule has 0 spiro atoms. The summed E-state index contributed by atoms with van der Waals surface area (Å²) in [5, 5.41) is 17.0. The number of thiophene rings is 1. The molecule has 2 aliphatic rings. The Morgan fingerprint density at radius 3 is 2.83 bits per heavy atom. The number of hydrogen-bond donors (Lipinski definition) is 2. The Morgan fingerprint density at radius 2 is 2.14 bits per heavy atom. The average Bonchev–Trinajstić information content (AvgIpc) is 3.47. The van der Waals surface area contributed by atoms with Crippen LogP contribution < -0.4 is 20.9 Å². The number of ether oxygens (including phenoxy) is 1. The fourth-order valence-corrected chi connectivity index (χ4v) is 4.86. The summed E-state index contributed by atoms with van der Waals surface area (Å²) in [4.78, 5) is 16.1. The van der Waals surface area contributed by atoms with Gasteiger partial charge in [0.2, 0.25) is 5.91 Å². The summed E-state index contributed by atoms with van der Waals surface area (Å²) in [5.74, 6) is 0.455. The maximum atomic E-state index is 15.0. The number of carbonyl (C=O) groups is 1. The van der Waals surface area contributed by atoms with Gasteiger partial charge >= 0.3 is 0 Å². The highest BCUT2D eigenvalue weighted by molar-refractivity contribution is 7.10. The largest absolute Gasteiger partial charge is 0.472 e. The van der Waals surface area contributed by atoms with E-state index in [4.69, 9.17) is 10.5 Å². The van der Waals surface area contributed by atoms with Crippen LogP contribution in [0.4, 0.5) is 15.8 Å². The van der Waals surface area contributed by atoms with Crippen LogP contribution >= 0.6 is 11.3 Å². The molecule has 35 heavy (non-hydrogen) atoms. The second-order valence-corrected chi connectivity index (χ2v) is 9.62. The van der Waals surface area contributed by atoms with Crippen LogP contribution in [-0.4, -0.2) is 50.1 Å². The van der Waals surface area contributed by atoms with Gasteiger partial charge in [0, 0.05) is 37.0 Å². The maximum absolute atomic E-state index is 15.0. The van der Waals surface area contributed by atoms with Gasteiger partial charge in [-0.15, -0.1) is 16.4 Å². The molecule has 0 bridgehead atoms. The Balaban J connectivity index is 1.29. The monoisotopic (exact) mass is 499 g/mol. The van der Waals surface area contributed by atoms with Gasteiger partial charge in [0.1, 0.15) is 17.8 Å². The average molecular weight is 500 g/mol. The molecule has 1 unspecified atom stereocenters. The maximum Gasteiger partial charge on any atom is 0.217 e. The highest BCUT2D eigenvalue weighted by Crippen LogP contribution is 2.31. The van der Waals surface area contributed by atoms with E-state index in [0.29, 0.717) is 55.7 Å². The second kappa shape index (κ2) is 11.3. The normalized spacial score (nSPS) is 19.4. The van der Waals surface area contributed by atoms with E-state index in [1.807, 2.05) is 33.4 Å².